The van der Waals surface area contributed by atoms with Crippen molar-refractivity contribution in [1.82, 2.24) is 0 Å². The van der Waals surface area contributed by atoms with E-state index in [1.807, 2.05) is 18.2 Å². The van der Waals surface area contributed by atoms with Crippen molar-refractivity contribution < 1.29 is 9.53 Å². The Labute approximate surface area is 189 Å². The van der Waals surface area contributed by atoms with Gasteiger partial charge in [-0.3, -0.25) is 4.79 Å². The minimum absolute atomic E-state index is 0.0192. The van der Waals surface area contributed by atoms with Crippen LogP contribution in [-0.4, -0.2) is 25.1 Å². The van der Waals surface area contributed by atoms with Crippen LogP contribution in [0.2, 0.25) is 5.02 Å². The number of fused-ring (bicyclic) bond motifs is 1. The summed E-state index contributed by atoms with van der Waals surface area (Å²) in [6.45, 7) is 9.75. The fraction of sp³-hybridized carbons (Fsp3) is 0.360. The second-order valence-electron chi connectivity index (χ2n) is 8.42. The van der Waals surface area contributed by atoms with Crippen LogP contribution in [0.5, 0.6) is 5.75 Å². The molecule has 0 aliphatic carbocycles. The molecule has 0 bridgehead atoms. The summed E-state index contributed by atoms with van der Waals surface area (Å²) in [6.07, 6.45) is 2.59. The second-order valence-corrected chi connectivity index (χ2v) is 8.83. The van der Waals surface area contributed by atoms with E-state index in [0.29, 0.717) is 27.9 Å². The molecule has 1 amide bonds. The zero-order valence-electron chi connectivity index (χ0n) is 18.6. The van der Waals surface area contributed by atoms with Crippen molar-refractivity contribution in [3.05, 3.63) is 58.1 Å². The topological polar surface area (TPSA) is 65.4 Å². The van der Waals surface area contributed by atoms with Crippen molar-refractivity contribution in [2.24, 2.45) is 0 Å². The van der Waals surface area contributed by atoms with Crippen molar-refractivity contribution >= 4 is 35.0 Å². The van der Waals surface area contributed by atoms with E-state index in [-0.39, 0.29) is 11.1 Å². The lowest BCUT2D eigenvalue weighted by Gasteiger charge is -2.47. The van der Waals surface area contributed by atoms with Crippen LogP contribution < -0.4 is 15.0 Å². The normalized spacial score (nSPS) is 17.5. The summed E-state index contributed by atoms with van der Waals surface area (Å²) in [5, 5.41) is 12.8. The van der Waals surface area contributed by atoms with Gasteiger partial charge in [0, 0.05) is 29.4 Å². The first-order chi connectivity index (χ1) is 14.7. The van der Waals surface area contributed by atoms with Gasteiger partial charge in [0.05, 0.1) is 17.8 Å². The number of nitrogens with one attached hydrogen (secondary N) is 1. The maximum Gasteiger partial charge on any atom is 0.266 e. The molecule has 3 rings (SSSR count). The first-order valence-electron chi connectivity index (χ1n) is 10.4. The van der Waals surface area contributed by atoms with Crippen molar-refractivity contribution in [3.63, 3.8) is 0 Å². The maximum atomic E-state index is 12.7. The van der Waals surface area contributed by atoms with Crippen molar-refractivity contribution in [3.8, 4) is 11.8 Å². The number of hydrogen-bond donors (Lipinski definition) is 1. The van der Waals surface area contributed by atoms with Gasteiger partial charge in [0.15, 0.2) is 0 Å². The third kappa shape index (κ3) is 4.55. The van der Waals surface area contributed by atoms with Crippen LogP contribution in [-0.2, 0) is 4.79 Å². The lowest BCUT2D eigenvalue weighted by molar-refractivity contribution is -0.112. The highest BCUT2D eigenvalue weighted by Crippen LogP contribution is 2.46. The summed E-state index contributed by atoms with van der Waals surface area (Å²) in [6, 6.07) is 13.0. The molecular weight excluding hydrogens is 410 g/mol. The molecule has 0 saturated heterocycles. The molecule has 31 heavy (non-hydrogen) atoms. The number of carbonyl (C=O) groups is 1. The van der Waals surface area contributed by atoms with Crippen LogP contribution >= 0.6 is 11.6 Å². The zero-order chi connectivity index (χ0) is 22.8. The van der Waals surface area contributed by atoms with Crippen LogP contribution in [0, 0.1) is 11.3 Å². The summed E-state index contributed by atoms with van der Waals surface area (Å²) < 4.78 is 5.64. The number of nitriles is 1. The third-order valence-electron chi connectivity index (χ3n) is 5.84. The monoisotopic (exact) mass is 437 g/mol. The summed E-state index contributed by atoms with van der Waals surface area (Å²) in [5.74, 6) is 0.452. The first kappa shape index (κ1) is 22.7. The Morgan fingerprint density at radius 2 is 2.10 bits per heavy atom. The average Bonchev–Trinajstić information content (AvgIpc) is 2.72. The smallest absolute Gasteiger partial charge is 0.266 e. The van der Waals surface area contributed by atoms with Gasteiger partial charge in [0.25, 0.3) is 5.91 Å². The molecule has 1 heterocycles. The largest absolute Gasteiger partial charge is 0.496 e. The van der Waals surface area contributed by atoms with Crippen molar-refractivity contribution in [1.29, 1.82) is 5.26 Å². The summed E-state index contributed by atoms with van der Waals surface area (Å²) in [7, 11) is 1.60. The highest BCUT2D eigenvalue weighted by molar-refractivity contribution is 6.34. The van der Waals surface area contributed by atoms with Crippen molar-refractivity contribution in [2.75, 3.05) is 23.9 Å². The summed E-state index contributed by atoms with van der Waals surface area (Å²) in [4.78, 5) is 15.1. The van der Waals surface area contributed by atoms with E-state index in [2.05, 4.69) is 37.9 Å². The number of hydrogen-bond acceptors (Lipinski definition) is 4. The lowest BCUT2D eigenvalue weighted by atomic mass is 9.79. The van der Waals surface area contributed by atoms with Gasteiger partial charge < -0.3 is 15.0 Å². The molecule has 0 saturated carbocycles. The van der Waals surface area contributed by atoms with E-state index in [9.17, 15) is 10.1 Å². The molecule has 0 radical (unpaired) electrons. The van der Waals surface area contributed by atoms with Crippen molar-refractivity contribution in [2.45, 2.75) is 45.6 Å². The fourth-order valence-corrected chi connectivity index (χ4v) is 4.65. The number of carbonyl (C=O) groups excluding carboxylic acids is 1. The molecule has 0 spiro atoms. The van der Waals surface area contributed by atoms with E-state index >= 15 is 0 Å². The number of benzene rings is 2. The average molecular weight is 438 g/mol. The fourth-order valence-electron chi connectivity index (χ4n) is 4.47. The number of ether oxygens (including phenoxy) is 1. The molecular formula is C25H28ClN3O2. The first-order valence-corrected chi connectivity index (χ1v) is 10.8. The SMILES string of the molecule is CCN1c2cc(OC)c(/C=C(\C#N)C(=O)Nc3ccccc3Cl)cc2C(C)CC1(C)C. The number of para-hydroxylation sites is 1. The van der Waals surface area contributed by atoms with Crippen LogP contribution in [0.3, 0.4) is 0 Å². The Bertz CT molecular complexity index is 1070. The van der Waals surface area contributed by atoms with Gasteiger partial charge in [0.2, 0.25) is 0 Å². The summed E-state index contributed by atoms with van der Waals surface area (Å²) in [5.41, 5.74) is 3.51. The molecule has 0 fully saturated rings. The Balaban J connectivity index is 2.03. The molecule has 1 unspecified atom stereocenters. The van der Waals surface area contributed by atoms with Crippen LogP contribution in [0.15, 0.2) is 42.0 Å². The van der Waals surface area contributed by atoms with E-state index in [1.54, 1.807) is 37.5 Å². The lowest BCUT2D eigenvalue weighted by Crippen LogP contribution is -2.48. The predicted molar refractivity (Wildman–Crippen MR) is 127 cm³/mol. The number of rotatable bonds is 5. The highest BCUT2D eigenvalue weighted by atomic mass is 35.5. The Hall–Kier alpha value is -2.97. The Morgan fingerprint density at radius 3 is 2.71 bits per heavy atom. The molecule has 162 valence electrons. The van der Waals surface area contributed by atoms with Crippen LogP contribution in [0.1, 0.15) is 51.2 Å². The number of amides is 1. The molecule has 5 nitrogen and oxygen atoms in total. The van der Waals surface area contributed by atoms with E-state index in [1.165, 1.54) is 5.56 Å². The van der Waals surface area contributed by atoms with E-state index < -0.39 is 5.91 Å². The van der Waals surface area contributed by atoms with Crippen LogP contribution in [0.25, 0.3) is 6.08 Å². The highest BCUT2D eigenvalue weighted by Gasteiger charge is 2.36. The zero-order valence-corrected chi connectivity index (χ0v) is 19.4. The quantitative estimate of drug-likeness (QED) is 0.459. The molecule has 0 aromatic heterocycles. The van der Waals surface area contributed by atoms with Gasteiger partial charge in [0.1, 0.15) is 17.4 Å². The molecule has 1 aliphatic heterocycles. The third-order valence-corrected chi connectivity index (χ3v) is 6.17. The number of anilines is 2. The Morgan fingerprint density at radius 1 is 1.39 bits per heavy atom. The number of nitrogens with zero attached hydrogens (tertiary/aromatic N) is 2. The minimum atomic E-state index is -0.514. The Kier molecular flexibility index (Phi) is 6.62. The van der Waals surface area contributed by atoms with Gasteiger partial charge in [-0.05, 0) is 62.9 Å². The van der Waals surface area contributed by atoms with Crippen LogP contribution in [0.4, 0.5) is 11.4 Å². The second kappa shape index (κ2) is 9.03. The summed E-state index contributed by atoms with van der Waals surface area (Å²) >= 11 is 6.13. The molecule has 2 aromatic carbocycles. The standard InChI is InChI=1S/C25H28ClN3O2/c1-6-29-22-13-23(31-5)17(12-19(22)16(2)14-25(29,3)4)11-18(15-27)24(30)28-21-10-8-7-9-20(21)26/h7-13,16H,6,14H2,1-5H3,(H,28,30)/b18-11+. The maximum absolute atomic E-state index is 12.7. The molecule has 1 atom stereocenters. The van der Waals surface area contributed by atoms with E-state index in [0.717, 1.165) is 18.7 Å². The van der Waals surface area contributed by atoms with Gasteiger partial charge in [-0.15, -0.1) is 0 Å². The number of halogens is 1. The van der Waals surface area contributed by atoms with Gasteiger partial charge in [-0.1, -0.05) is 30.7 Å². The molecule has 6 heteroatoms. The van der Waals surface area contributed by atoms with E-state index in [4.69, 9.17) is 16.3 Å². The van der Waals surface area contributed by atoms with Gasteiger partial charge in [-0.25, -0.2) is 0 Å². The molecule has 2 aromatic rings. The molecule has 1 aliphatic rings. The molecule has 1 N–H and O–H groups in total. The predicted octanol–water partition coefficient (Wildman–Crippen LogP) is 6.01. The minimum Gasteiger partial charge on any atom is -0.496 e. The van der Waals surface area contributed by atoms with Gasteiger partial charge in [-0.2, -0.15) is 5.26 Å². The number of methoxy groups -OCH3 is 1. The van der Waals surface area contributed by atoms with Gasteiger partial charge >= 0.3 is 0 Å².